The van der Waals surface area contributed by atoms with Crippen molar-refractivity contribution < 1.29 is 19.1 Å². The lowest BCUT2D eigenvalue weighted by molar-refractivity contribution is -0.117. The van der Waals surface area contributed by atoms with Gasteiger partial charge in [0.25, 0.3) is 17.4 Å². The van der Waals surface area contributed by atoms with Gasteiger partial charge in [-0.2, -0.15) is 10.4 Å². The molecule has 0 radical (unpaired) electrons. The van der Waals surface area contributed by atoms with Gasteiger partial charge in [0.05, 0.1) is 12.5 Å². The summed E-state index contributed by atoms with van der Waals surface area (Å²) in [5, 5.41) is 13.5. The van der Waals surface area contributed by atoms with Crippen molar-refractivity contribution in [1.82, 2.24) is 20.6 Å². The van der Waals surface area contributed by atoms with Crippen LogP contribution in [0.2, 0.25) is 0 Å². The fourth-order valence-corrected chi connectivity index (χ4v) is 3.03. The Hall–Kier alpha value is -4.65. The predicted molar refractivity (Wildman–Crippen MR) is 120 cm³/mol. The van der Waals surface area contributed by atoms with Gasteiger partial charge in [-0.15, -0.1) is 0 Å². The maximum absolute atomic E-state index is 12.6. The number of nitrogens with one attached hydrogen (secondary N) is 2. The summed E-state index contributed by atoms with van der Waals surface area (Å²) in [6.07, 6.45) is 2.74. The highest BCUT2D eigenvalue weighted by atomic mass is 16.5. The van der Waals surface area contributed by atoms with Crippen molar-refractivity contribution in [2.45, 2.75) is 13.5 Å². The SMILES string of the molecule is CCn1nc(C(=O)NNC(=O)/C=C/c2ccc(OCC#N)c(OC)c2)c2ccccc2c1=O. The molecule has 0 fully saturated rings. The molecule has 0 saturated heterocycles. The number of nitriles is 1. The average molecular weight is 447 g/mol. The molecule has 1 heterocycles. The highest BCUT2D eigenvalue weighted by Gasteiger charge is 2.16. The third-order valence-corrected chi connectivity index (χ3v) is 4.59. The van der Waals surface area contributed by atoms with Crippen LogP contribution in [-0.4, -0.2) is 35.3 Å². The summed E-state index contributed by atoms with van der Waals surface area (Å²) in [7, 11) is 1.46. The number of aromatic nitrogens is 2. The lowest BCUT2D eigenvalue weighted by atomic mass is 10.1. The second-order valence-electron chi connectivity index (χ2n) is 6.65. The molecule has 168 valence electrons. The molecule has 2 aromatic carbocycles. The summed E-state index contributed by atoms with van der Waals surface area (Å²) < 4.78 is 11.7. The lowest BCUT2D eigenvalue weighted by Crippen LogP contribution is -2.42. The summed E-state index contributed by atoms with van der Waals surface area (Å²) >= 11 is 0. The van der Waals surface area contributed by atoms with E-state index in [0.717, 1.165) is 0 Å². The minimum Gasteiger partial charge on any atom is -0.493 e. The molecule has 2 N–H and O–H groups in total. The van der Waals surface area contributed by atoms with Gasteiger partial charge in [-0.05, 0) is 36.8 Å². The Balaban J connectivity index is 1.70. The van der Waals surface area contributed by atoms with E-state index in [1.54, 1.807) is 49.4 Å². The van der Waals surface area contributed by atoms with Crippen LogP contribution in [0.3, 0.4) is 0 Å². The number of rotatable bonds is 7. The Kier molecular flexibility index (Phi) is 7.39. The molecule has 10 heteroatoms. The number of hydrogen-bond acceptors (Lipinski definition) is 7. The number of aryl methyl sites for hydroxylation is 1. The van der Waals surface area contributed by atoms with Crippen molar-refractivity contribution in [3.63, 3.8) is 0 Å². The number of carbonyl (C=O) groups is 2. The molecule has 0 aliphatic rings. The van der Waals surface area contributed by atoms with E-state index in [1.807, 2.05) is 6.07 Å². The van der Waals surface area contributed by atoms with Gasteiger partial charge in [-0.1, -0.05) is 24.3 Å². The number of hydrazine groups is 1. The molecule has 0 bridgehead atoms. The van der Waals surface area contributed by atoms with Crippen molar-refractivity contribution >= 4 is 28.7 Å². The Labute approximate surface area is 189 Å². The van der Waals surface area contributed by atoms with Crippen LogP contribution >= 0.6 is 0 Å². The van der Waals surface area contributed by atoms with E-state index in [4.69, 9.17) is 14.7 Å². The van der Waals surface area contributed by atoms with Gasteiger partial charge in [-0.25, -0.2) is 4.68 Å². The van der Waals surface area contributed by atoms with Crippen LogP contribution in [0.1, 0.15) is 23.0 Å². The summed E-state index contributed by atoms with van der Waals surface area (Å²) in [5.74, 6) is -0.428. The third kappa shape index (κ3) is 5.34. The fraction of sp³-hybridized carbons (Fsp3) is 0.174. The van der Waals surface area contributed by atoms with Gasteiger partial charge in [0.1, 0.15) is 6.07 Å². The van der Waals surface area contributed by atoms with Crippen molar-refractivity contribution in [3.05, 3.63) is 70.2 Å². The molecule has 0 unspecified atom stereocenters. The number of ether oxygens (including phenoxy) is 2. The summed E-state index contributed by atoms with van der Waals surface area (Å²) in [4.78, 5) is 37.2. The number of amides is 2. The Bertz CT molecular complexity index is 1320. The fourth-order valence-electron chi connectivity index (χ4n) is 3.03. The van der Waals surface area contributed by atoms with Gasteiger partial charge >= 0.3 is 0 Å². The first-order chi connectivity index (χ1) is 16.0. The monoisotopic (exact) mass is 447 g/mol. The topological polar surface area (TPSA) is 135 Å². The van der Waals surface area contributed by atoms with Gasteiger partial charge < -0.3 is 9.47 Å². The minimum absolute atomic E-state index is 0.0222. The molecular formula is C23H21N5O5. The molecule has 10 nitrogen and oxygen atoms in total. The van der Waals surface area contributed by atoms with Crippen LogP contribution in [0.5, 0.6) is 11.5 Å². The molecule has 3 rings (SSSR count). The van der Waals surface area contributed by atoms with E-state index >= 15 is 0 Å². The molecule has 2 amide bonds. The molecule has 0 atom stereocenters. The lowest BCUT2D eigenvalue weighted by Gasteiger charge is -2.10. The third-order valence-electron chi connectivity index (χ3n) is 4.59. The van der Waals surface area contributed by atoms with Gasteiger partial charge in [-0.3, -0.25) is 25.2 Å². The van der Waals surface area contributed by atoms with Gasteiger partial charge in [0, 0.05) is 18.0 Å². The molecule has 0 aliphatic carbocycles. The highest BCUT2D eigenvalue weighted by molar-refractivity contribution is 6.05. The zero-order valence-corrected chi connectivity index (χ0v) is 18.0. The molecule has 1 aromatic heterocycles. The minimum atomic E-state index is -0.657. The number of benzene rings is 2. The zero-order chi connectivity index (χ0) is 23.8. The zero-order valence-electron chi connectivity index (χ0n) is 18.0. The number of fused-ring (bicyclic) bond motifs is 1. The second kappa shape index (κ2) is 10.6. The van der Waals surface area contributed by atoms with Gasteiger partial charge in [0.15, 0.2) is 23.8 Å². The maximum atomic E-state index is 12.6. The van der Waals surface area contributed by atoms with Crippen LogP contribution in [0, 0.1) is 11.3 Å². The predicted octanol–water partition coefficient (Wildman–Crippen LogP) is 1.80. The molecule has 3 aromatic rings. The molecule has 33 heavy (non-hydrogen) atoms. The highest BCUT2D eigenvalue weighted by Crippen LogP contribution is 2.28. The van der Waals surface area contributed by atoms with E-state index in [-0.39, 0.29) is 17.9 Å². The smallest absolute Gasteiger partial charge is 0.290 e. The number of carbonyl (C=O) groups excluding carboxylic acids is 2. The first-order valence-electron chi connectivity index (χ1n) is 9.94. The van der Waals surface area contributed by atoms with Crippen LogP contribution in [0.15, 0.2) is 53.3 Å². The van der Waals surface area contributed by atoms with Crippen LogP contribution in [-0.2, 0) is 11.3 Å². The molecule has 0 aliphatic heterocycles. The van der Waals surface area contributed by atoms with E-state index in [1.165, 1.54) is 23.9 Å². The quantitative estimate of drug-likeness (QED) is 0.416. The standard InChI is InChI=1S/C23H21N5O5/c1-3-28-23(31)17-7-5-4-6-16(17)21(27-28)22(30)26-25-20(29)11-9-15-8-10-18(33-13-12-24)19(14-15)32-2/h4-11,14H,3,13H2,1-2H3,(H,25,29)(H,26,30)/b11-9+. The Morgan fingerprint density at radius 1 is 1.15 bits per heavy atom. The average Bonchev–Trinajstić information content (AvgIpc) is 2.85. The molecular weight excluding hydrogens is 426 g/mol. The summed E-state index contributed by atoms with van der Waals surface area (Å²) in [5.41, 5.74) is 4.97. The first-order valence-corrected chi connectivity index (χ1v) is 9.94. The Morgan fingerprint density at radius 2 is 1.91 bits per heavy atom. The normalized spacial score (nSPS) is 10.6. The summed E-state index contributed by atoms with van der Waals surface area (Å²) in [6, 6.07) is 13.5. The second-order valence-corrected chi connectivity index (χ2v) is 6.65. The number of hydrogen-bond donors (Lipinski definition) is 2. The number of methoxy groups -OCH3 is 1. The van der Waals surface area contributed by atoms with E-state index in [2.05, 4.69) is 16.0 Å². The maximum Gasteiger partial charge on any atom is 0.290 e. The van der Waals surface area contributed by atoms with Crippen molar-refractivity contribution in [1.29, 1.82) is 5.26 Å². The van der Waals surface area contributed by atoms with Crippen molar-refractivity contribution in [3.8, 4) is 17.6 Å². The molecule has 0 saturated carbocycles. The van der Waals surface area contributed by atoms with E-state index in [0.29, 0.717) is 34.4 Å². The van der Waals surface area contributed by atoms with Crippen LogP contribution < -0.4 is 25.9 Å². The Morgan fingerprint density at radius 3 is 2.61 bits per heavy atom. The first kappa shape index (κ1) is 23.0. The van der Waals surface area contributed by atoms with Crippen molar-refractivity contribution in [2.24, 2.45) is 0 Å². The van der Waals surface area contributed by atoms with Crippen LogP contribution in [0.4, 0.5) is 0 Å². The van der Waals surface area contributed by atoms with Crippen molar-refractivity contribution in [2.75, 3.05) is 13.7 Å². The number of nitrogens with zero attached hydrogens (tertiary/aromatic N) is 3. The van der Waals surface area contributed by atoms with Crippen LogP contribution in [0.25, 0.3) is 16.8 Å². The largest absolute Gasteiger partial charge is 0.493 e. The van der Waals surface area contributed by atoms with E-state index in [9.17, 15) is 14.4 Å². The molecule has 0 spiro atoms. The van der Waals surface area contributed by atoms with E-state index < -0.39 is 11.8 Å². The van der Waals surface area contributed by atoms with Gasteiger partial charge in [0.2, 0.25) is 0 Å². The summed E-state index contributed by atoms with van der Waals surface area (Å²) in [6.45, 7) is 1.92.